The van der Waals surface area contributed by atoms with Gasteiger partial charge in [0.05, 0.1) is 4.90 Å². The lowest BCUT2D eigenvalue weighted by Crippen LogP contribution is -2.24. The Morgan fingerprint density at radius 1 is 1.15 bits per heavy atom. The average molecular weight is 355 g/mol. The van der Waals surface area contributed by atoms with Crippen LogP contribution in [-0.2, 0) is 16.6 Å². The van der Waals surface area contributed by atoms with Crippen LogP contribution in [-0.4, -0.2) is 8.42 Å². The van der Waals surface area contributed by atoms with Gasteiger partial charge in [-0.15, -0.1) is 0 Å². The van der Waals surface area contributed by atoms with E-state index in [0.717, 1.165) is 10.0 Å². The molecular formula is C14H15BrN2O2S. The van der Waals surface area contributed by atoms with Gasteiger partial charge in [-0.25, -0.2) is 13.1 Å². The maximum Gasteiger partial charge on any atom is 0.241 e. The van der Waals surface area contributed by atoms with Crippen molar-refractivity contribution >= 4 is 31.6 Å². The summed E-state index contributed by atoms with van der Waals surface area (Å²) >= 11 is 3.29. The summed E-state index contributed by atoms with van der Waals surface area (Å²) in [5, 5.41) is 0. The number of nitrogen functional groups attached to an aromatic ring is 1. The van der Waals surface area contributed by atoms with E-state index in [2.05, 4.69) is 20.7 Å². The highest BCUT2D eigenvalue weighted by molar-refractivity contribution is 9.10. The van der Waals surface area contributed by atoms with Crippen molar-refractivity contribution in [2.45, 2.75) is 18.4 Å². The van der Waals surface area contributed by atoms with Gasteiger partial charge in [0.1, 0.15) is 0 Å². The molecule has 0 aliphatic heterocycles. The Bertz CT molecular complexity index is 712. The first-order valence-electron chi connectivity index (χ1n) is 5.99. The van der Waals surface area contributed by atoms with Crippen molar-refractivity contribution < 1.29 is 8.42 Å². The molecule has 0 fully saturated rings. The van der Waals surface area contributed by atoms with Crippen LogP contribution in [0.25, 0.3) is 0 Å². The van der Waals surface area contributed by atoms with E-state index in [1.807, 2.05) is 6.07 Å². The lowest BCUT2D eigenvalue weighted by molar-refractivity contribution is 0.580. The molecule has 2 aromatic carbocycles. The van der Waals surface area contributed by atoms with Crippen molar-refractivity contribution in [3.05, 3.63) is 58.1 Å². The quantitative estimate of drug-likeness (QED) is 0.829. The van der Waals surface area contributed by atoms with Crippen molar-refractivity contribution in [3.8, 4) is 0 Å². The third kappa shape index (κ3) is 3.59. The lowest BCUT2D eigenvalue weighted by atomic mass is 10.2. The van der Waals surface area contributed by atoms with Gasteiger partial charge < -0.3 is 5.73 Å². The minimum absolute atomic E-state index is 0.231. The number of sulfonamides is 1. The number of rotatable bonds is 4. The molecular weight excluding hydrogens is 340 g/mol. The smallest absolute Gasteiger partial charge is 0.241 e. The molecule has 0 atom stereocenters. The van der Waals surface area contributed by atoms with Crippen LogP contribution in [0.15, 0.2) is 51.8 Å². The van der Waals surface area contributed by atoms with Crippen LogP contribution in [0.2, 0.25) is 0 Å². The molecule has 0 aliphatic carbocycles. The minimum Gasteiger partial charge on any atom is -0.399 e. The van der Waals surface area contributed by atoms with E-state index in [0.29, 0.717) is 11.3 Å². The zero-order valence-corrected chi connectivity index (χ0v) is 13.3. The number of aryl methyl sites for hydroxylation is 1. The Balaban J connectivity index is 2.19. The lowest BCUT2D eigenvalue weighted by Gasteiger charge is -2.10. The van der Waals surface area contributed by atoms with E-state index >= 15 is 0 Å². The van der Waals surface area contributed by atoms with Gasteiger partial charge in [-0.1, -0.05) is 34.1 Å². The van der Waals surface area contributed by atoms with Gasteiger partial charge in [-0.3, -0.25) is 0 Å². The summed E-state index contributed by atoms with van der Waals surface area (Å²) in [5.74, 6) is 0. The first-order valence-corrected chi connectivity index (χ1v) is 8.26. The van der Waals surface area contributed by atoms with E-state index in [4.69, 9.17) is 5.73 Å². The van der Waals surface area contributed by atoms with E-state index < -0.39 is 10.0 Å². The summed E-state index contributed by atoms with van der Waals surface area (Å²) in [6.45, 7) is 2.00. The van der Waals surface area contributed by atoms with Crippen LogP contribution in [0.1, 0.15) is 11.1 Å². The standard InChI is InChI=1S/C14H15BrN2O2S/c1-10-2-5-12(15)8-14(10)20(18,19)17-9-11-3-6-13(16)7-4-11/h2-8,17H,9,16H2,1H3. The molecule has 0 heterocycles. The Hall–Kier alpha value is -1.37. The molecule has 0 aliphatic rings. The van der Waals surface area contributed by atoms with Crippen LogP contribution in [0.3, 0.4) is 0 Å². The topological polar surface area (TPSA) is 72.2 Å². The summed E-state index contributed by atoms with van der Waals surface area (Å²) in [4.78, 5) is 0.280. The van der Waals surface area contributed by atoms with Crippen molar-refractivity contribution in [1.29, 1.82) is 0 Å². The van der Waals surface area contributed by atoms with Crippen LogP contribution >= 0.6 is 15.9 Å². The van der Waals surface area contributed by atoms with Crippen molar-refractivity contribution in [1.82, 2.24) is 4.72 Å². The number of hydrogen-bond donors (Lipinski definition) is 2. The zero-order valence-electron chi connectivity index (χ0n) is 10.9. The van der Waals surface area contributed by atoms with E-state index in [9.17, 15) is 8.42 Å². The van der Waals surface area contributed by atoms with Gasteiger partial charge in [0.25, 0.3) is 0 Å². The molecule has 106 valence electrons. The molecule has 2 aromatic rings. The van der Waals surface area contributed by atoms with Crippen molar-refractivity contribution in [3.63, 3.8) is 0 Å². The highest BCUT2D eigenvalue weighted by Crippen LogP contribution is 2.20. The summed E-state index contributed by atoms with van der Waals surface area (Å²) < 4.78 is 27.9. The highest BCUT2D eigenvalue weighted by Gasteiger charge is 2.16. The van der Waals surface area contributed by atoms with E-state index in [1.54, 1.807) is 43.3 Å². The molecule has 20 heavy (non-hydrogen) atoms. The molecule has 6 heteroatoms. The highest BCUT2D eigenvalue weighted by atomic mass is 79.9. The molecule has 0 radical (unpaired) electrons. The van der Waals surface area contributed by atoms with Gasteiger partial charge in [0, 0.05) is 16.7 Å². The van der Waals surface area contributed by atoms with Gasteiger partial charge in [0.2, 0.25) is 10.0 Å². The second kappa shape index (κ2) is 5.95. The fraction of sp³-hybridized carbons (Fsp3) is 0.143. The average Bonchev–Trinajstić information content (AvgIpc) is 2.41. The number of anilines is 1. The number of benzene rings is 2. The summed E-state index contributed by atoms with van der Waals surface area (Å²) in [7, 11) is -3.53. The number of hydrogen-bond acceptors (Lipinski definition) is 3. The zero-order chi connectivity index (χ0) is 14.8. The molecule has 4 nitrogen and oxygen atoms in total. The SMILES string of the molecule is Cc1ccc(Br)cc1S(=O)(=O)NCc1ccc(N)cc1. The summed E-state index contributed by atoms with van der Waals surface area (Å²) in [6, 6.07) is 12.3. The van der Waals surface area contributed by atoms with Gasteiger partial charge in [0.15, 0.2) is 0 Å². The molecule has 0 saturated carbocycles. The van der Waals surface area contributed by atoms with E-state index in [-0.39, 0.29) is 11.4 Å². The maximum absolute atomic E-state index is 12.3. The maximum atomic E-state index is 12.3. The molecule has 2 rings (SSSR count). The Labute approximate surface area is 127 Å². The Kier molecular flexibility index (Phi) is 4.47. The first kappa shape index (κ1) is 15.0. The van der Waals surface area contributed by atoms with Crippen LogP contribution in [0, 0.1) is 6.92 Å². The van der Waals surface area contributed by atoms with Gasteiger partial charge in [-0.2, -0.15) is 0 Å². The summed E-state index contributed by atoms with van der Waals surface area (Å²) in [6.07, 6.45) is 0. The largest absolute Gasteiger partial charge is 0.399 e. The van der Waals surface area contributed by atoms with Crippen LogP contribution in [0.5, 0.6) is 0 Å². The normalized spacial score (nSPS) is 11.5. The predicted molar refractivity (Wildman–Crippen MR) is 83.8 cm³/mol. The monoisotopic (exact) mass is 354 g/mol. The minimum atomic E-state index is -3.53. The second-order valence-electron chi connectivity index (χ2n) is 4.48. The molecule has 0 amide bonds. The molecule has 0 bridgehead atoms. The van der Waals surface area contributed by atoms with Crippen LogP contribution < -0.4 is 10.5 Å². The van der Waals surface area contributed by atoms with Crippen molar-refractivity contribution in [2.24, 2.45) is 0 Å². The number of nitrogens with two attached hydrogens (primary N) is 1. The fourth-order valence-electron chi connectivity index (χ4n) is 1.76. The third-order valence-corrected chi connectivity index (χ3v) is 4.92. The molecule has 0 unspecified atom stereocenters. The second-order valence-corrected chi connectivity index (χ2v) is 7.13. The number of halogens is 1. The predicted octanol–water partition coefficient (Wildman–Crippen LogP) is 2.82. The van der Waals surface area contributed by atoms with Gasteiger partial charge >= 0.3 is 0 Å². The van der Waals surface area contributed by atoms with E-state index in [1.165, 1.54) is 0 Å². The van der Waals surface area contributed by atoms with Crippen molar-refractivity contribution in [2.75, 3.05) is 5.73 Å². The number of nitrogens with one attached hydrogen (secondary N) is 1. The van der Waals surface area contributed by atoms with Crippen LogP contribution in [0.4, 0.5) is 5.69 Å². The molecule has 0 aromatic heterocycles. The van der Waals surface area contributed by atoms with Gasteiger partial charge in [-0.05, 0) is 42.3 Å². The first-order chi connectivity index (χ1) is 9.38. The molecule has 0 spiro atoms. The molecule has 0 saturated heterocycles. The third-order valence-electron chi connectivity index (χ3n) is 2.89. The molecule has 3 N–H and O–H groups in total. The Morgan fingerprint density at radius 2 is 1.80 bits per heavy atom. The Morgan fingerprint density at radius 3 is 2.45 bits per heavy atom. The fourth-order valence-corrected chi connectivity index (χ4v) is 3.55. The summed E-state index contributed by atoms with van der Waals surface area (Å²) in [5.41, 5.74) is 7.81.